The van der Waals surface area contributed by atoms with Gasteiger partial charge in [-0.25, -0.2) is 9.59 Å². The molecule has 3 rings (SSSR count). The molecule has 0 saturated heterocycles. The van der Waals surface area contributed by atoms with Crippen LogP contribution in [0.25, 0.3) is 5.70 Å². The van der Waals surface area contributed by atoms with E-state index in [0.29, 0.717) is 23.4 Å². The Bertz CT molecular complexity index is 954. The third kappa shape index (κ3) is 3.96. The molecule has 1 heterocycles. The molecule has 0 spiro atoms. The maximum Gasteiger partial charge on any atom is 0.338 e. The third-order valence-electron chi connectivity index (χ3n) is 4.62. The van der Waals surface area contributed by atoms with Gasteiger partial charge in [-0.3, -0.25) is 15.0 Å². The number of non-ortho nitro benzene ring substituents is 1. The maximum atomic E-state index is 12.9. The average Bonchev–Trinajstić information content (AvgIpc) is 2.73. The number of esters is 1. The van der Waals surface area contributed by atoms with E-state index < -0.39 is 16.9 Å². The Balaban J connectivity index is 2.22. The monoisotopic (exact) mass is 395 g/mol. The van der Waals surface area contributed by atoms with Crippen molar-refractivity contribution in [2.24, 2.45) is 0 Å². The Kier molecular flexibility index (Phi) is 5.92. The van der Waals surface area contributed by atoms with Crippen molar-refractivity contribution in [1.29, 1.82) is 0 Å². The number of nitro benzene ring substituents is 1. The lowest BCUT2D eigenvalue weighted by molar-refractivity contribution is -0.384. The maximum absolute atomic E-state index is 12.9. The van der Waals surface area contributed by atoms with Gasteiger partial charge in [0, 0.05) is 18.7 Å². The second kappa shape index (κ2) is 8.55. The number of nitrogens with zero attached hydrogens (tertiary/aromatic N) is 2. The molecule has 2 amide bonds. The molecule has 1 unspecified atom stereocenters. The highest BCUT2D eigenvalue weighted by atomic mass is 16.6. The summed E-state index contributed by atoms with van der Waals surface area (Å²) in [6, 6.07) is 13.8. The summed E-state index contributed by atoms with van der Waals surface area (Å²) in [6.07, 6.45) is 0. The average molecular weight is 395 g/mol. The molecule has 29 heavy (non-hydrogen) atoms. The molecule has 1 N–H and O–H groups in total. The lowest BCUT2D eigenvalue weighted by atomic mass is 9.91. The van der Waals surface area contributed by atoms with Gasteiger partial charge in [0.2, 0.25) is 0 Å². The van der Waals surface area contributed by atoms with E-state index in [0.717, 1.165) is 0 Å². The summed E-state index contributed by atoms with van der Waals surface area (Å²) < 4.78 is 5.29. The zero-order valence-electron chi connectivity index (χ0n) is 16.1. The molecule has 0 saturated carbocycles. The highest BCUT2D eigenvalue weighted by molar-refractivity contribution is 6.04. The zero-order valence-corrected chi connectivity index (χ0v) is 16.1. The van der Waals surface area contributed by atoms with E-state index in [1.807, 2.05) is 37.3 Å². The number of carbonyl (C=O) groups excluding carboxylic acids is 2. The first-order valence-corrected chi connectivity index (χ1v) is 9.27. The smallest absolute Gasteiger partial charge is 0.338 e. The molecule has 1 aliphatic rings. The molecule has 0 bridgehead atoms. The first-order chi connectivity index (χ1) is 14.0. The van der Waals surface area contributed by atoms with Gasteiger partial charge in [0.25, 0.3) is 5.69 Å². The molecular formula is C21H21N3O5. The van der Waals surface area contributed by atoms with E-state index in [1.54, 1.807) is 6.92 Å². The number of rotatable bonds is 6. The molecule has 0 aromatic heterocycles. The van der Waals surface area contributed by atoms with Gasteiger partial charge in [-0.15, -0.1) is 0 Å². The summed E-state index contributed by atoms with van der Waals surface area (Å²) in [6.45, 7) is 4.06. The van der Waals surface area contributed by atoms with Gasteiger partial charge in [-0.2, -0.15) is 0 Å². The second-order valence-corrected chi connectivity index (χ2v) is 6.32. The van der Waals surface area contributed by atoms with Crippen molar-refractivity contribution < 1.29 is 19.2 Å². The van der Waals surface area contributed by atoms with Crippen molar-refractivity contribution in [2.45, 2.75) is 19.9 Å². The van der Waals surface area contributed by atoms with Crippen LogP contribution in [0.4, 0.5) is 10.5 Å². The van der Waals surface area contributed by atoms with Crippen LogP contribution >= 0.6 is 0 Å². The lowest BCUT2D eigenvalue weighted by Crippen LogP contribution is -2.47. The van der Waals surface area contributed by atoms with Crippen molar-refractivity contribution in [2.75, 3.05) is 13.2 Å². The summed E-state index contributed by atoms with van der Waals surface area (Å²) in [5.74, 6) is -0.548. The Morgan fingerprint density at radius 1 is 1.14 bits per heavy atom. The fourth-order valence-corrected chi connectivity index (χ4v) is 3.33. The number of carbonyl (C=O) groups is 2. The Morgan fingerprint density at radius 3 is 2.34 bits per heavy atom. The summed E-state index contributed by atoms with van der Waals surface area (Å²) in [5.41, 5.74) is 1.94. The summed E-state index contributed by atoms with van der Waals surface area (Å²) in [7, 11) is 0. The molecule has 2 aromatic rings. The van der Waals surface area contributed by atoms with Gasteiger partial charge < -0.3 is 10.1 Å². The topological polar surface area (TPSA) is 102 Å². The third-order valence-corrected chi connectivity index (χ3v) is 4.62. The predicted octanol–water partition coefficient (Wildman–Crippen LogP) is 3.66. The van der Waals surface area contributed by atoms with Crippen LogP contribution in [0.15, 0.2) is 60.2 Å². The molecule has 0 aliphatic carbocycles. The molecule has 0 radical (unpaired) electrons. The Hall–Kier alpha value is -3.68. The number of benzene rings is 2. The van der Waals surface area contributed by atoms with Gasteiger partial charge in [-0.05, 0) is 37.1 Å². The second-order valence-electron chi connectivity index (χ2n) is 6.32. The van der Waals surface area contributed by atoms with Crippen molar-refractivity contribution in [3.05, 3.63) is 81.4 Å². The molecule has 1 atom stereocenters. The van der Waals surface area contributed by atoms with E-state index in [2.05, 4.69) is 5.32 Å². The number of amides is 2. The van der Waals surface area contributed by atoms with Gasteiger partial charge >= 0.3 is 12.0 Å². The molecule has 8 heteroatoms. The van der Waals surface area contributed by atoms with Crippen LogP contribution in [-0.4, -0.2) is 35.0 Å². The van der Waals surface area contributed by atoms with Crippen LogP contribution < -0.4 is 5.32 Å². The zero-order chi connectivity index (χ0) is 21.0. The van der Waals surface area contributed by atoms with Gasteiger partial charge in [0.15, 0.2) is 0 Å². The number of urea groups is 1. The molecule has 2 aromatic carbocycles. The Morgan fingerprint density at radius 2 is 1.79 bits per heavy atom. The number of ether oxygens (including phenoxy) is 1. The van der Waals surface area contributed by atoms with Gasteiger partial charge in [0.1, 0.15) is 0 Å². The number of hydrogen-bond donors (Lipinski definition) is 1. The van der Waals surface area contributed by atoms with Crippen molar-refractivity contribution in [3.8, 4) is 0 Å². The number of nitro groups is 1. The molecular weight excluding hydrogens is 374 g/mol. The molecule has 1 aliphatic heterocycles. The van der Waals surface area contributed by atoms with Crippen LogP contribution in [0.5, 0.6) is 0 Å². The van der Waals surface area contributed by atoms with Crippen LogP contribution in [0.2, 0.25) is 0 Å². The van der Waals surface area contributed by atoms with E-state index in [1.165, 1.54) is 29.2 Å². The van der Waals surface area contributed by atoms with Crippen LogP contribution in [0, 0.1) is 10.1 Å². The minimum absolute atomic E-state index is 0.0731. The molecule has 8 nitrogen and oxygen atoms in total. The van der Waals surface area contributed by atoms with E-state index in [9.17, 15) is 19.7 Å². The van der Waals surface area contributed by atoms with E-state index >= 15 is 0 Å². The van der Waals surface area contributed by atoms with Crippen molar-refractivity contribution in [1.82, 2.24) is 10.2 Å². The summed E-state index contributed by atoms with van der Waals surface area (Å²) >= 11 is 0. The lowest BCUT2D eigenvalue weighted by Gasteiger charge is -2.36. The quantitative estimate of drug-likeness (QED) is 0.457. The fraction of sp³-hybridized carbons (Fsp3) is 0.238. The first kappa shape index (κ1) is 20.1. The van der Waals surface area contributed by atoms with Crippen molar-refractivity contribution >= 4 is 23.4 Å². The normalized spacial score (nSPS) is 16.4. The number of nitrogens with one attached hydrogen (secondary N) is 1. The fourth-order valence-electron chi connectivity index (χ4n) is 3.33. The van der Waals surface area contributed by atoms with Crippen LogP contribution in [0.3, 0.4) is 0 Å². The van der Waals surface area contributed by atoms with Gasteiger partial charge in [0.05, 0.1) is 28.8 Å². The highest BCUT2D eigenvalue weighted by Crippen LogP contribution is 2.36. The summed E-state index contributed by atoms with van der Waals surface area (Å²) in [4.78, 5) is 37.7. The minimum Gasteiger partial charge on any atom is -0.463 e. The molecule has 150 valence electrons. The van der Waals surface area contributed by atoms with Crippen LogP contribution in [0.1, 0.15) is 31.0 Å². The highest BCUT2D eigenvalue weighted by Gasteiger charge is 2.38. The molecule has 0 fully saturated rings. The minimum atomic E-state index is -0.791. The summed E-state index contributed by atoms with van der Waals surface area (Å²) in [5, 5.41) is 13.8. The largest absolute Gasteiger partial charge is 0.463 e. The van der Waals surface area contributed by atoms with Crippen molar-refractivity contribution in [3.63, 3.8) is 0 Å². The SMILES string of the molecule is CCOC(=O)C1=C(c2ccccc2)N(CC)C(=O)NC1c1ccc([N+](=O)[O-])cc1. The number of hydrogen-bond acceptors (Lipinski definition) is 5. The standard InChI is InChI=1S/C21H21N3O5/c1-3-23-19(15-8-6-5-7-9-15)17(20(25)29-4-2)18(22-21(23)26)14-10-12-16(13-11-14)24(27)28/h5-13,18H,3-4H2,1-2H3,(H,22,26). The van der Waals surface area contributed by atoms with Crippen LogP contribution in [-0.2, 0) is 9.53 Å². The van der Waals surface area contributed by atoms with E-state index in [4.69, 9.17) is 4.74 Å². The first-order valence-electron chi connectivity index (χ1n) is 9.27. The van der Waals surface area contributed by atoms with E-state index in [-0.39, 0.29) is 23.9 Å². The van der Waals surface area contributed by atoms with Gasteiger partial charge in [-0.1, -0.05) is 30.3 Å². The predicted molar refractivity (Wildman–Crippen MR) is 107 cm³/mol. The Labute approximate surface area is 167 Å².